The third kappa shape index (κ3) is 3.14. The third-order valence-electron chi connectivity index (χ3n) is 3.50. The van der Waals surface area contributed by atoms with Crippen LogP contribution in [0.3, 0.4) is 0 Å². The molecule has 108 valence electrons. The predicted molar refractivity (Wildman–Crippen MR) is 75.3 cm³/mol. The molecule has 20 heavy (non-hydrogen) atoms. The average Bonchev–Trinajstić information content (AvgIpc) is 2.90. The number of likely N-dealkylation sites (N-methyl/N-ethyl adjacent to an activating group) is 1. The zero-order valence-electron chi connectivity index (χ0n) is 11.7. The molecule has 0 radical (unpaired) electrons. The lowest BCUT2D eigenvalue weighted by molar-refractivity contribution is -0.385. The van der Waals surface area contributed by atoms with Crippen molar-refractivity contribution in [2.24, 2.45) is 0 Å². The van der Waals surface area contributed by atoms with E-state index < -0.39 is 4.92 Å². The van der Waals surface area contributed by atoms with E-state index in [1.807, 2.05) is 11.9 Å². The van der Waals surface area contributed by atoms with Crippen LogP contribution in [0.5, 0.6) is 0 Å². The van der Waals surface area contributed by atoms with Crippen LogP contribution < -0.4 is 4.90 Å². The van der Waals surface area contributed by atoms with Crippen molar-refractivity contribution in [3.05, 3.63) is 33.9 Å². The molecule has 1 aromatic rings. The minimum atomic E-state index is -0.527. The smallest absolute Gasteiger partial charge is 0.280 e. The fourth-order valence-corrected chi connectivity index (χ4v) is 2.40. The van der Waals surface area contributed by atoms with E-state index in [-0.39, 0.29) is 23.1 Å². The van der Waals surface area contributed by atoms with Gasteiger partial charge < -0.3 is 9.64 Å². The number of hydrogen-bond acceptors (Lipinski definition) is 5. The molecule has 0 spiro atoms. The molecular weight excluding hydrogens is 260 g/mol. The topological polar surface area (TPSA) is 72.7 Å². The van der Waals surface area contributed by atoms with E-state index in [0.717, 1.165) is 31.7 Å². The third-order valence-corrected chi connectivity index (χ3v) is 3.50. The molecule has 6 heteroatoms. The Morgan fingerprint density at radius 3 is 2.85 bits per heavy atom. The second kappa shape index (κ2) is 6.00. The molecule has 1 heterocycles. The number of Topliss-reactive ketones (excluding diaryl/α,β-unsaturated/α-hetero) is 1. The van der Waals surface area contributed by atoms with E-state index in [1.165, 1.54) is 13.0 Å². The monoisotopic (exact) mass is 278 g/mol. The molecule has 0 N–H and O–H groups in total. The van der Waals surface area contributed by atoms with Crippen molar-refractivity contribution in [2.75, 3.05) is 25.1 Å². The minimum absolute atomic E-state index is 0.145. The van der Waals surface area contributed by atoms with Crippen LogP contribution in [0.2, 0.25) is 0 Å². The van der Waals surface area contributed by atoms with E-state index in [0.29, 0.717) is 0 Å². The average molecular weight is 278 g/mol. The van der Waals surface area contributed by atoms with Gasteiger partial charge in [0.05, 0.1) is 16.6 Å². The summed E-state index contributed by atoms with van der Waals surface area (Å²) in [6, 6.07) is 4.63. The molecule has 6 nitrogen and oxygen atoms in total. The van der Waals surface area contributed by atoms with Gasteiger partial charge in [-0.25, -0.2) is 0 Å². The standard InChI is InChI=1S/C14H18N2O4/c1-10(17)13-8-11(5-6-14(13)16(18)19)15(2)9-12-4-3-7-20-12/h5-6,8,12H,3-4,7,9H2,1-2H3. The number of carbonyl (C=O) groups is 1. The number of nitro groups is 1. The molecule has 0 saturated carbocycles. The minimum Gasteiger partial charge on any atom is -0.376 e. The first-order valence-corrected chi connectivity index (χ1v) is 6.61. The van der Waals surface area contributed by atoms with Crippen molar-refractivity contribution < 1.29 is 14.5 Å². The normalized spacial score (nSPS) is 18.0. The van der Waals surface area contributed by atoms with Gasteiger partial charge in [-0.05, 0) is 31.9 Å². The number of hydrogen-bond donors (Lipinski definition) is 0. The Morgan fingerprint density at radius 1 is 1.55 bits per heavy atom. The van der Waals surface area contributed by atoms with Crippen molar-refractivity contribution in [1.29, 1.82) is 0 Å². The number of ether oxygens (including phenoxy) is 1. The zero-order chi connectivity index (χ0) is 14.7. The van der Waals surface area contributed by atoms with Gasteiger partial charge in [-0.15, -0.1) is 0 Å². The molecule has 0 aliphatic carbocycles. The highest BCUT2D eigenvalue weighted by Gasteiger charge is 2.21. The van der Waals surface area contributed by atoms with Gasteiger partial charge in [-0.1, -0.05) is 0 Å². The highest BCUT2D eigenvalue weighted by Crippen LogP contribution is 2.26. The quantitative estimate of drug-likeness (QED) is 0.470. The SMILES string of the molecule is CC(=O)c1cc(N(C)CC2CCCO2)ccc1[N+](=O)[O-]. The summed E-state index contributed by atoms with van der Waals surface area (Å²) in [6.45, 7) is 2.85. The van der Waals surface area contributed by atoms with Gasteiger partial charge in [0.15, 0.2) is 5.78 Å². The van der Waals surface area contributed by atoms with Crippen LogP contribution in [0.1, 0.15) is 30.1 Å². The van der Waals surface area contributed by atoms with Crippen LogP contribution in [0.25, 0.3) is 0 Å². The number of carbonyl (C=O) groups excluding carboxylic acids is 1. The lowest BCUT2D eigenvalue weighted by Crippen LogP contribution is -2.28. The molecule has 0 bridgehead atoms. The molecule has 1 aliphatic heterocycles. The summed E-state index contributed by atoms with van der Waals surface area (Å²) >= 11 is 0. The maximum Gasteiger partial charge on any atom is 0.280 e. The fourth-order valence-electron chi connectivity index (χ4n) is 2.40. The van der Waals surface area contributed by atoms with Gasteiger partial charge >= 0.3 is 0 Å². The first-order valence-electron chi connectivity index (χ1n) is 6.61. The number of nitro benzene ring substituents is 1. The van der Waals surface area contributed by atoms with E-state index >= 15 is 0 Å². The molecule has 0 aromatic heterocycles. The Hall–Kier alpha value is -1.95. The van der Waals surface area contributed by atoms with Crippen molar-refractivity contribution in [3.63, 3.8) is 0 Å². The number of anilines is 1. The molecule has 1 fully saturated rings. The van der Waals surface area contributed by atoms with Crippen LogP contribution >= 0.6 is 0 Å². The molecule has 0 amide bonds. The summed E-state index contributed by atoms with van der Waals surface area (Å²) in [4.78, 5) is 23.9. The highest BCUT2D eigenvalue weighted by atomic mass is 16.6. The van der Waals surface area contributed by atoms with E-state index in [1.54, 1.807) is 12.1 Å². The largest absolute Gasteiger partial charge is 0.376 e. The molecule has 1 aliphatic rings. The van der Waals surface area contributed by atoms with Gasteiger partial charge in [0.25, 0.3) is 5.69 Å². The summed E-state index contributed by atoms with van der Waals surface area (Å²) in [5.41, 5.74) is 0.787. The fraction of sp³-hybridized carbons (Fsp3) is 0.500. The van der Waals surface area contributed by atoms with Crippen LogP contribution in [0, 0.1) is 10.1 Å². The van der Waals surface area contributed by atoms with Crippen LogP contribution in [0.4, 0.5) is 11.4 Å². The molecule has 1 saturated heterocycles. The van der Waals surface area contributed by atoms with E-state index in [9.17, 15) is 14.9 Å². The Labute approximate surface area is 117 Å². The molecule has 1 aromatic carbocycles. The first kappa shape index (κ1) is 14.5. The lowest BCUT2D eigenvalue weighted by atomic mass is 10.1. The zero-order valence-corrected chi connectivity index (χ0v) is 11.7. The van der Waals surface area contributed by atoms with Gasteiger partial charge in [0.1, 0.15) is 0 Å². The van der Waals surface area contributed by atoms with Crippen LogP contribution in [0.15, 0.2) is 18.2 Å². The molecule has 1 unspecified atom stereocenters. The predicted octanol–water partition coefficient (Wildman–Crippen LogP) is 2.41. The lowest BCUT2D eigenvalue weighted by Gasteiger charge is -2.23. The first-order chi connectivity index (χ1) is 9.49. The van der Waals surface area contributed by atoms with Crippen molar-refractivity contribution in [1.82, 2.24) is 0 Å². The molecule has 1 atom stereocenters. The maximum absolute atomic E-state index is 11.5. The molecular formula is C14H18N2O4. The number of rotatable bonds is 5. The number of benzene rings is 1. The van der Waals surface area contributed by atoms with Crippen LogP contribution in [-0.4, -0.2) is 37.0 Å². The number of nitrogens with zero attached hydrogens (tertiary/aromatic N) is 2. The van der Waals surface area contributed by atoms with Gasteiger partial charge in [-0.2, -0.15) is 0 Å². The second-order valence-electron chi connectivity index (χ2n) is 5.03. The Kier molecular flexibility index (Phi) is 4.34. The van der Waals surface area contributed by atoms with Gasteiger partial charge in [0.2, 0.25) is 0 Å². The Balaban J connectivity index is 2.21. The molecule has 2 rings (SSSR count). The van der Waals surface area contributed by atoms with E-state index in [2.05, 4.69) is 0 Å². The van der Waals surface area contributed by atoms with Gasteiger partial charge in [-0.3, -0.25) is 14.9 Å². The van der Waals surface area contributed by atoms with Crippen molar-refractivity contribution >= 4 is 17.2 Å². The van der Waals surface area contributed by atoms with Gasteiger partial charge in [0, 0.05) is 32.0 Å². The van der Waals surface area contributed by atoms with Crippen molar-refractivity contribution in [3.8, 4) is 0 Å². The summed E-state index contributed by atoms with van der Waals surface area (Å²) < 4.78 is 5.57. The van der Waals surface area contributed by atoms with Crippen molar-refractivity contribution in [2.45, 2.75) is 25.9 Å². The maximum atomic E-state index is 11.5. The summed E-state index contributed by atoms with van der Waals surface area (Å²) in [7, 11) is 1.90. The van der Waals surface area contributed by atoms with E-state index in [4.69, 9.17) is 4.74 Å². The summed E-state index contributed by atoms with van der Waals surface area (Å²) in [6.07, 6.45) is 2.28. The second-order valence-corrected chi connectivity index (χ2v) is 5.03. The Morgan fingerprint density at radius 2 is 2.30 bits per heavy atom. The summed E-state index contributed by atoms with van der Waals surface area (Å²) in [5, 5.41) is 10.9. The van der Waals surface area contributed by atoms with Crippen LogP contribution in [-0.2, 0) is 4.74 Å². The number of ketones is 1. The summed E-state index contributed by atoms with van der Waals surface area (Å²) in [5.74, 6) is -0.302. The Bertz CT molecular complexity index is 524. The highest BCUT2D eigenvalue weighted by molar-refractivity contribution is 5.99.